The summed E-state index contributed by atoms with van der Waals surface area (Å²) in [6.45, 7) is 8.72. The van der Waals surface area contributed by atoms with E-state index >= 15 is 0 Å². The van der Waals surface area contributed by atoms with E-state index < -0.39 is 133 Å². The molecule has 11 atom stereocenters. The van der Waals surface area contributed by atoms with Crippen molar-refractivity contribution in [1.29, 1.82) is 0 Å². The Kier molecular flexibility index (Phi) is 28.6. The minimum atomic E-state index is -1.30. The summed E-state index contributed by atoms with van der Waals surface area (Å²) in [6.07, 6.45) is -7.54. The van der Waals surface area contributed by atoms with E-state index in [9.17, 15) is 52.7 Å². The molecule has 3 rings (SSSR count). The second-order valence-corrected chi connectivity index (χ2v) is 18.2. The van der Waals surface area contributed by atoms with Crippen molar-refractivity contribution in [3.63, 3.8) is 0 Å². The standard InChI is InChI=1S/C51H74N4O22/c1-29(56)53-43-47(74-35(7)62)45(72-33(5)60)39(27-69-31(3)58)76-50(43)67-24-16-13-21-41(64)52-23-15-12-20-38(49(66)71-26-37-18-10-9-11-19-37)55-42(65)22-14-17-25-68-51-44(54-30(2)57)48(75-36(8)63)46(73-34(6)61)40(77-51)28-70-32(4)59/h9-11,18-19,38-40,43-48,50-51H,12-17,20-28H2,1-8H3,(H,52,64)(H,53,56)(H,54,57)(H,55,65)/t38-,39+,40+,43+,44+,45-,46-,47+,48+,50+,51+/m0/s1. The number of benzene rings is 1. The number of amides is 4. The van der Waals surface area contributed by atoms with Crippen molar-refractivity contribution in [1.82, 2.24) is 21.3 Å². The van der Waals surface area contributed by atoms with Crippen LogP contribution in [0.1, 0.15) is 119 Å². The number of esters is 7. The maximum Gasteiger partial charge on any atom is 0.328 e. The Morgan fingerprint density at radius 3 is 1.38 bits per heavy atom. The highest BCUT2D eigenvalue weighted by atomic mass is 16.7. The van der Waals surface area contributed by atoms with Gasteiger partial charge in [0.05, 0.1) is 0 Å². The van der Waals surface area contributed by atoms with Gasteiger partial charge in [0.2, 0.25) is 23.6 Å². The lowest BCUT2D eigenvalue weighted by Crippen LogP contribution is -2.66. The van der Waals surface area contributed by atoms with Crippen molar-refractivity contribution in [2.24, 2.45) is 0 Å². The molecule has 1 aromatic rings. The second-order valence-electron chi connectivity index (χ2n) is 18.2. The molecule has 4 amide bonds. The van der Waals surface area contributed by atoms with E-state index in [2.05, 4.69) is 21.3 Å². The number of hydrogen-bond donors (Lipinski definition) is 4. The maximum absolute atomic E-state index is 13.3. The van der Waals surface area contributed by atoms with Gasteiger partial charge in [-0.05, 0) is 50.5 Å². The molecule has 1 aromatic carbocycles. The fourth-order valence-corrected chi connectivity index (χ4v) is 8.17. The molecule has 0 unspecified atom stereocenters. The molecule has 4 N–H and O–H groups in total. The van der Waals surface area contributed by atoms with Crippen molar-refractivity contribution in [3.8, 4) is 0 Å². The number of unbranched alkanes of at least 4 members (excludes halogenated alkanes) is 3. The topological polar surface area (TPSA) is 337 Å². The van der Waals surface area contributed by atoms with Crippen LogP contribution in [0.3, 0.4) is 0 Å². The van der Waals surface area contributed by atoms with Gasteiger partial charge >= 0.3 is 41.8 Å². The van der Waals surface area contributed by atoms with Crippen LogP contribution >= 0.6 is 0 Å². The lowest BCUT2D eigenvalue weighted by atomic mass is 9.96. The van der Waals surface area contributed by atoms with Crippen molar-refractivity contribution in [2.75, 3.05) is 33.0 Å². The van der Waals surface area contributed by atoms with Crippen molar-refractivity contribution >= 4 is 65.4 Å². The lowest BCUT2D eigenvalue weighted by Gasteiger charge is -2.44. The van der Waals surface area contributed by atoms with Crippen molar-refractivity contribution in [2.45, 2.75) is 187 Å². The van der Waals surface area contributed by atoms with Gasteiger partial charge in [0.15, 0.2) is 37.0 Å². The highest BCUT2D eigenvalue weighted by molar-refractivity contribution is 5.84. The molecule has 2 fully saturated rings. The van der Waals surface area contributed by atoms with E-state index in [0.717, 1.165) is 40.2 Å². The van der Waals surface area contributed by atoms with Gasteiger partial charge in [0, 0.05) is 88.0 Å². The van der Waals surface area contributed by atoms with E-state index in [0.29, 0.717) is 25.7 Å². The summed E-state index contributed by atoms with van der Waals surface area (Å²) < 4.78 is 61.5. The highest BCUT2D eigenvalue weighted by Gasteiger charge is 2.53. The van der Waals surface area contributed by atoms with E-state index in [1.54, 1.807) is 24.3 Å². The van der Waals surface area contributed by atoms with Gasteiger partial charge in [-0.25, -0.2) is 4.79 Å². The molecule has 0 aromatic heterocycles. The van der Waals surface area contributed by atoms with Gasteiger partial charge in [0.25, 0.3) is 0 Å². The Morgan fingerprint density at radius 2 is 0.948 bits per heavy atom. The summed E-state index contributed by atoms with van der Waals surface area (Å²) >= 11 is 0. The van der Waals surface area contributed by atoms with E-state index in [-0.39, 0.29) is 71.0 Å². The van der Waals surface area contributed by atoms with Gasteiger partial charge in [-0.3, -0.25) is 47.9 Å². The second kappa shape index (κ2) is 34.1. The highest BCUT2D eigenvalue weighted by Crippen LogP contribution is 2.30. The third-order valence-electron chi connectivity index (χ3n) is 11.4. The van der Waals surface area contributed by atoms with Gasteiger partial charge in [0.1, 0.15) is 50.2 Å². The Balaban J connectivity index is 1.53. The molecule has 0 saturated carbocycles. The van der Waals surface area contributed by atoms with Crippen LogP contribution in [0.4, 0.5) is 0 Å². The first-order valence-corrected chi connectivity index (χ1v) is 25.3. The van der Waals surface area contributed by atoms with E-state index in [1.165, 1.54) is 20.8 Å². The first-order valence-electron chi connectivity index (χ1n) is 25.3. The van der Waals surface area contributed by atoms with Crippen molar-refractivity contribution < 1.29 is 105 Å². The SMILES string of the molecule is CC(=O)N[C@H]1[C@H](OCCCCC(=O)NCCCC[C@H](NC(=O)CCCCO[C@@H]2O[C@H](COC(C)=O)[C@H](OC(C)=O)[C@H](OC(C)=O)[C@H]2NC(C)=O)C(=O)OCc2ccccc2)O[C@H](COC(C)=O)[C@H](OC(C)=O)[C@@H]1OC(C)=O. The van der Waals surface area contributed by atoms with Crippen LogP contribution in [0.25, 0.3) is 0 Å². The molecule has 0 spiro atoms. The summed E-state index contributed by atoms with van der Waals surface area (Å²) in [5, 5.41) is 10.8. The van der Waals surface area contributed by atoms with Gasteiger partial charge in [-0.2, -0.15) is 0 Å². The van der Waals surface area contributed by atoms with Crippen LogP contribution in [0, 0.1) is 0 Å². The van der Waals surface area contributed by atoms with Crippen LogP contribution in [-0.4, -0.2) is 166 Å². The smallest absolute Gasteiger partial charge is 0.328 e. The average Bonchev–Trinajstić information content (AvgIpc) is 3.34. The zero-order chi connectivity index (χ0) is 57.0. The third kappa shape index (κ3) is 24.8. The lowest BCUT2D eigenvalue weighted by molar-refractivity contribution is -0.277. The van der Waals surface area contributed by atoms with E-state index in [1.807, 2.05) is 6.07 Å². The number of nitrogens with one attached hydrogen (secondary N) is 4. The zero-order valence-corrected chi connectivity index (χ0v) is 44.8. The molecule has 26 heteroatoms. The quantitative estimate of drug-likeness (QED) is 0.0461. The van der Waals surface area contributed by atoms with Gasteiger partial charge in [-0.15, -0.1) is 0 Å². The number of carbonyl (C=O) groups is 11. The van der Waals surface area contributed by atoms with Crippen LogP contribution in [-0.2, 0) is 111 Å². The van der Waals surface area contributed by atoms with Gasteiger partial charge in [-0.1, -0.05) is 30.3 Å². The van der Waals surface area contributed by atoms with Crippen LogP contribution in [0.15, 0.2) is 30.3 Å². The average molecular weight is 1100 g/mol. The van der Waals surface area contributed by atoms with Crippen LogP contribution in [0.5, 0.6) is 0 Å². The molecule has 430 valence electrons. The fraction of sp³-hybridized carbons (Fsp3) is 0.667. The molecule has 2 aliphatic heterocycles. The molecule has 0 radical (unpaired) electrons. The zero-order valence-electron chi connectivity index (χ0n) is 44.8. The first kappa shape index (κ1) is 64.5. The molecule has 0 aliphatic carbocycles. The molecule has 2 saturated heterocycles. The van der Waals surface area contributed by atoms with Crippen molar-refractivity contribution in [3.05, 3.63) is 35.9 Å². The molecular weight excluding hydrogens is 1020 g/mol. The van der Waals surface area contributed by atoms with Gasteiger partial charge < -0.3 is 73.4 Å². The predicted molar refractivity (Wildman–Crippen MR) is 263 cm³/mol. The summed E-state index contributed by atoms with van der Waals surface area (Å²) in [5.41, 5.74) is 0.741. The Morgan fingerprint density at radius 1 is 0.506 bits per heavy atom. The van der Waals surface area contributed by atoms with Crippen LogP contribution in [0.2, 0.25) is 0 Å². The molecule has 77 heavy (non-hydrogen) atoms. The summed E-state index contributed by atoms with van der Waals surface area (Å²) in [4.78, 5) is 136. The molecule has 2 aliphatic rings. The van der Waals surface area contributed by atoms with Crippen LogP contribution < -0.4 is 21.3 Å². The summed E-state index contributed by atoms with van der Waals surface area (Å²) in [6, 6.07) is 5.67. The number of hydrogen-bond acceptors (Lipinski definition) is 22. The van der Waals surface area contributed by atoms with E-state index in [4.69, 9.17) is 52.1 Å². The minimum absolute atomic E-state index is 0.0247. The third-order valence-corrected chi connectivity index (χ3v) is 11.4. The summed E-state index contributed by atoms with van der Waals surface area (Å²) in [5.74, 6) is -6.75. The normalized spacial score (nSPS) is 23.1. The number of carbonyl (C=O) groups excluding carboxylic acids is 11. The molecule has 26 nitrogen and oxygen atoms in total. The number of rotatable bonds is 31. The summed E-state index contributed by atoms with van der Waals surface area (Å²) in [7, 11) is 0. The predicted octanol–water partition coefficient (Wildman–Crippen LogP) is 1.19. The molecule has 0 bridgehead atoms. The number of ether oxygens (including phenoxy) is 11. The largest absolute Gasteiger partial charge is 0.463 e. The fourth-order valence-electron chi connectivity index (χ4n) is 8.17. The Hall–Kier alpha value is -6.77. The molecule has 2 heterocycles. The molecular formula is C51H74N4O22. The minimum Gasteiger partial charge on any atom is -0.463 e. The first-order chi connectivity index (χ1) is 36.5. The Bertz CT molecular complexity index is 2140. The monoisotopic (exact) mass is 1090 g/mol. The maximum atomic E-state index is 13.3. The Labute approximate surface area is 446 Å².